The minimum atomic E-state index is -0.402. The Morgan fingerprint density at radius 2 is 2.00 bits per heavy atom. The first-order valence-corrected chi connectivity index (χ1v) is 11.4. The van der Waals surface area contributed by atoms with Gasteiger partial charge in [-0.2, -0.15) is 0 Å². The van der Waals surface area contributed by atoms with Gasteiger partial charge in [-0.05, 0) is 61.9 Å². The summed E-state index contributed by atoms with van der Waals surface area (Å²) in [5, 5.41) is 0. The third-order valence-electron chi connectivity index (χ3n) is 9.73. The lowest BCUT2D eigenvalue weighted by Crippen LogP contribution is -2.71. The first-order valence-electron chi connectivity index (χ1n) is 11.4. The van der Waals surface area contributed by atoms with E-state index in [9.17, 15) is 9.59 Å². The molecule has 0 aromatic heterocycles. The van der Waals surface area contributed by atoms with Gasteiger partial charge in [0.2, 0.25) is 0 Å². The molecule has 8 atom stereocenters. The molecule has 4 aliphatic carbocycles. The zero-order chi connectivity index (χ0) is 20.7. The van der Waals surface area contributed by atoms with Crippen molar-refractivity contribution >= 4 is 12.3 Å². The van der Waals surface area contributed by atoms with Gasteiger partial charge >= 0.3 is 5.97 Å². The van der Waals surface area contributed by atoms with Crippen molar-refractivity contribution in [1.82, 2.24) is 0 Å². The average Bonchev–Trinajstić information content (AvgIpc) is 3.05. The van der Waals surface area contributed by atoms with Crippen molar-refractivity contribution in [3.8, 4) is 0 Å². The molecule has 0 amide bonds. The molecule has 2 saturated heterocycles. The SMILES string of the molecule is CC(=O)O[C@@H]1CC[C@]2(C)C3=CC[C@]4(C)[C@H]([C@H](C)C=O)CC[C@@H]4[C@@]34CC[C@]2(C1)OO4. The predicted molar refractivity (Wildman–Crippen MR) is 107 cm³/mol. The average molecular weight is 403 g/mol. The molecule has 5 heteroatoms. The number of carbonyl (C=O) groups is 2. The maximum absolute atomic E-state index is 11.6. The fourth-order valence-electron chi connectivity index (χ4n) is 8.29. The molecule has 160 valence electrons. The molecule has 5 fully saturated rings. The summed E-state index contributed by atoms with van der Waals surface area (Å²) in [7, 11) is 0. The lowest BCUT2D eigenvalue weighted by atomic mass is 9.44. The molecular formula is C24H34O5. The molecule has 0 N–H and O–H groups in total. The van der Waals surface area contributed by atoms with Crippen LogP contribution < -0.4 is 0 Å². The normalized spacial score (nSPS) is 51.3. The van der Waals surface area contributed by atoms with Crippen LogP contribution in [0, 0.1) is 28.6 Å². The second-order valence-electron chi connectivity index (χ2n) is 10.9. The van der Waals surface area contributed by atoms with Gasteiger partial charge in [0.15, 0.2) is 0 Å². The monoisotopic (exact) mass is 402 g/mol. The Morgan fingerprint density at radius 3 is 2.66 bits per heavy atom. The number of rotatable bonds is 3. The van der Waals surface area contributed by atoms with Crippen molar-refractivity contribution in [3.05, 3.63) is 11.6 Å². The van der Waals surface area contributed by atoms with E-state index in [1.807, 2.05) is 0 Å². The Kier molecular flexibility index (Phi) is 4.20. The molecule has 5 nitrogen and oxygen atoms in total. The highest BCUT2D eigenvalue weighted by atomic mass is 17.2. The molecule has 2 aliphatic heterocycles. The van der Waals surface area contributed by atoms with Gasteiger partial charge in [-0.3, -0.25) is 4.79 Å². The van der Waals surface area contributed by atoms with E-state index >= 15 is 0 Å². The third-order valence-corrected chi connectivity index (χ3v) is 9.73. The van der Waals surface area contributed by atoms with Crippen LogP contribution in [-0.2, 0) is 24.1 Å². The second-order valence-corrected chi connectivity index (χ2v) is 10.9. The Bertz CT molecular complexity index is 763. The highest BCUT2D eigenvalue weighted by molar-refractivity contribution is 5.66. The highest BCUT2D eigenvalue weighted by Crippen LogP contribution is 2.73. The van der Waals surface area contributed by atoms with Gasteiger partial charge in [0, 0.05) is 30.6 Å². The summed E-state index contributed by atoms with van der Waals surface area (Å²) in [5.74, 6) is 0.662. The number of aldehydes is 1. The van der Waals surface area contributed by atoms with Crippen molar-refractivity contribution in [3.63, 3.8) is 0 Å². The van der Waals surface area contributed by atoms with E-state index in [1.165, 1.54) is 12.5 Å². The summed E-state index contributed by atoms with van der Waals surface area (Å²) in [6.07, 6.45) is 11.1. The van der Waals surface area contributed by atoms with Gasteiger partial charge in [0.05, 0.1) is 0 Å². The summed E-state index contributed by atoms with van der Waals surface area (Å²) in [4.78, 5) is 35.8. The molecule has 0 radical (unpaired) electrons. The van der Waals surface area contributed by atoms with Crippen molar-refractivity contribution in [1.29, 1.82) is 0 Å². The summed E-state index contributed by atoms with van der Waals surface area (Å²) >= 11 is 0. The molecule has 2 bridgehead atoms. The van der Waals surface area contributed by atoms with E-state index in [0.29, 0.717) is 18.3 Å². The molecule has 6 aliphatic rings. The number of hydrogen-bond donors (Lipinski definition) is 0. The summed E-state index contributed by atoms with van der Waals surface area (Å²) < 4.78 is 5.57. The molecule has 6 rings (SSSR count). The lowest BCUT2D eigenvalue weighted by Gasteiger charge is -2.69. The van der Waals surface area contributed by atoms with Crippen LogP contribution in [0.25, 0.3) is 0 Å². The quantitative estimate of drug-likeness (QED) is 0.300. The topological polar surface area (TPSA) is 61.8 Å². The van der Waals surface area contributed by atoms with Crippen molar-refractivity contribution < 1.29 is 24.1 Å². The van der Waals surface area contributed by atoms with Gasteiger partial charge in [0.1, 0.15) is 23.6 Å². The van der Waals surface area contributed by atoms with E-state index in [1.54, 1.807) is 0 Å². The van der Waals surface area contributed by atoms with Crippen LogP contribution in [0.4, 0.5) is 0 Å². The van der Waals surface area contributed by atoms with E-state index in [-0.39, 0.29) is 34.4 Å². The van der Waals surface area contributed by atoms with E-state index in [2.05, 4.69) is 26.8 Å². The Hall–Kier alpha value is -1.20. The Morgan fingerprint density at radius 1 is 1.21 bits per heavy atom. The molecule has 0 unspecified atom stereocenters. The van der Waals surface area contributed by atoms with Crippen LogP contribution >= 0.6 is 0 Å². The minimum Gasteiger partial charge on any atom is -0.462 e. The summed E-state index contributed by atoms with van der Waals surface area (Å²) in [6.45, 7) is 8.28. The molecule has 0 aromatic carbocycles. The molecule has 29 heavy (non-hydrogen) atoms. The standard InChI is InChI=1S/C24H34O5/c1-15(14-25)18-5-6-19-21(18,3)9-8-20-22(4)10-7-17(27-16(2)26)13-23(22)11-12-24(19,20)29-28-23/h8,14-15,17-19H,5-7,9-13H2,1-4H3/t15-,17-,18+,19+,21-,22-,23-,24+/m1/s1. The first-order chi connectivity index (χ1) is 13.7. The van der Waals surface area contributed by atoms with E-state index in [4.69, 9.17) is 14.5 Å². The minimum absolute atomic E-state index is 0.0736. The van der Waals surface area contributed by atoms with Gasteiger partial charge in [-0.15, -0.1) is 0 Å². The summed E-state index contributed by atoms with van der Waals surface area (Å²) in [5.41, 5.74) is 0.687. The zero-order valence-electron chi connectivity index (χ0n) is 18.2. The number of fused-ring (bicyclic) bond motifs is 3. The highest BCUT2D eigenvalue weighted by Gasteiger charge is 2.73. The van der Waals surface area contributed by atoms with Crippen molar-refractivity contribution in [2.24, 2.45) is 28.6 Å². The number of esters is 1. The number of hydrogen-bond acceptors (Lipinski definition) is 5. The Labute approximate surface area is 173 Å². The number of ether oxygens (including phenoxy) is 1. The van der Waals surface area contributed by atoms with Gasteiger partial charge in [-0.1, -0.05) is 26.8 Å². The molecule has 0 aromatic rings. The van der Waals surface area contributed by atoms with Crippen LogP contribution in [0.2, 0.25) is 0 Å². The number of carbonyl (C=O) groups excluding carboxylic acids is 2. The maximum atomic E-state index is 11.6. The lowest BCUT2D eigenvalue weighted by molar-refractivity contribution is -0.494. The fraction of sp³-hybridized carbons (Fsp3) is 0.833. The fourth-order valence-corrected chi connectivity index (χ4v) is 8.29. The first kappa shape index (κ1) is 19.7. The van der Waals surface area contributed by atoms with Crippen LogP contribution in [0.15, 0.2) is 11.6 Å². The van der Waals surface area contributed by atoms with Crippen molar-refractivity contribution in [2.75, 3.05) is 0 Å². The molecular weight excluding hydrogens is 368 g/mol. The largest absolute Gasteiger partial charge is 0.462 e. The molecule has 2 spiro atoms. The van der Waals surface area contributed by atoms with Crippen LogP contribution in [0.1, 0.15) is 79.1 Å². The van der Waals surface area contributed by atoms with Crippen LogP contribution in [0.3, 0.4) is 0 Å². The van der Waals surface area contributed by atoms with Crippen LogP contribution in [-0.4, -0.2) is 29.6 Å². The second kappa shape index (κ2) is 6.16. The number of allylic oxidation sites excluding steroid dienone is 1. The van der Waals surface area contributed by atoms with Gasteiger partial charge in [0.25, 0.3) is 0 Å². The van der Waals surface area contributed by atoms with Crippen LogP contribution in [0.5, 0.6) is 0 Å². The van der Waals surface area contributed by atoms with Gasteiger partial charge in [-0.25, -0.2) is 9.78 Å². The summed E-state index contributed by atoms with van der Waals surface area (Å²) in [6, 6.07) is 0. The smallest absolute Gasteiger partial charge is 0.302 e. The molecule has 2 heterocycles. The molecule has 3 saturated carbocycles. The third kappa shape index (κ3) is 2.35. The van der Waals surface area contributed by atoms with E-state index in [0.717, 1.165) is 51.2 Å². The Balaban J connectivity index is 1.52. The van der Waals surface area contributed by atoms with E-state index < -0.39 is 5.60 Å². The van der Waals surface area contributed by atoms with Crippen molar-refractivity contribution in [2.45, 2.75) is 96.4 Å². The predicted octanol–water partition coefficient (Wildman–Crippen LogP) is 4.54. The van der Waals surface area contributed by atoms with Gasteiger partial charge < -0.3 is 9.53 Å². The maximum Gasteiger partial charge on any atom is 0.302 e. The zero-order valence-corrected chi connectivity index (χ0v) is 18.2.